The van der Waals surface area contributed by atoms with E-state index in [4.69, 9.17) is 0 Å². The van der Waals surface area contributed by atoms with Crippen LogP contribution in [0.1, 0.15) is 13.3 Å². The second kappa shape index (κ2) is 5.11. The topological polar surface area (TPSA) is 52.7 Å². The first kappa shape index (κ1) is 12.0. The molecule has 1 aliphatic heterocycles. The van der Waals surface area contributed by atoms with Crippen molar-refractivity contribution in [1.29, 1.82) is 0 Å². The molecular formula is C10H19N3O2. The highest BCUT2D eigenvalue weighted by Crippen LogP contribution is 2.10. The number of nitrogens with zero attached hydrogens (tertiary/aromatic N) is 2. The summed E-state index contributed by atoms with van der Waals surface area (Å²) in [6.07, 6.45) is 0.879. The molecule has 1 fully saturated rings. The summed E-state index contributed by atoms with van der Waals surface area (Å²) in [6.45, 7) is 4.12. The van der Waals surface area contributed by atoms with Gasteiger partial charge in [0, 0.05) is 26.2 Å². The van der Waals surface area contributed by atoms with E-state index in [2.05, 4.69) is 5.32 Å². The van der Waals surface area contributed by atoms with E-state index >= 15 is 0 Å². The Bertz CT molecular complexity index is 255. The highest BCUT2D eigenvalue weighted by molar-refractivity contribution is 6.35. The molecular weight excluding hydrogens is 194 g/mol. The van der Waals surface area contributed by atoms with Crippen molar-refractivity contribution in [2.75, 3.05) is 33.7 Å². The Morgan fingerprint density at radius 3 is 2.67 bits per heavy atom. The molecule has 1 N–H and O–H groups in total. The number of likely N-dealkylation sites (N-methyl/N-ethyl adjacent to an activating group) is 1. The molecule has 1 saturated heterocycles. The van der Waals surface area contributed by atoms with Gasteiger partial charge in [-0.2, -0.15) is 0 Å². The van der Waals surface area contributed by atoms with Crippen molar-refractivity contribution in [3.8, 4) is 0 Å². The average molecular weight is 213 g/mol. The smallest absolute Gasteiger partial charge is 0.312 e. The number of nitrogens with one attached hydrogen (secondary N) is 1. The molecule has 5 nitrogen and oxygen atoms in total. The summed E-state index contributed by atoms with van der Waals surface area (Å²) in [5.41, 5.74) is 0. The van der Waals surface area contributed by atoms with Crippen LogP contribution >= 0.6 is 0 Å². The zero-order valence-electron chi connectivity index (χ0n) is 9.62. The van der Waals surface area contributed by atoms with Crippen LogP contribution < -0.4 is 5.32 Å². The molecule has 86 valence electrons. The fourth-order valence-electron chi connectivity index (χ4n) is 1.81. The SMILES string of the molecule is CNCCCN1C(=O)C(=O)N(C)CC1C. The van der Waals surface area contributed by atoms with E-state index in [1.807, 2.05) is 14.0 Å². The van der Waals surface area contributed by atoms with Gasteiger partial charge in [-0.1, -0.05) is 0 Å². The summed E-state index contributed by atoms with van der Waals surface area (Å²) in [7, 11) is 3.54. The molecule has 0 spiro atoms. The largest absolute Gasteiger partial charge is 0.335 e. The molecule has 0 aromatic heterocycles. The quantitative estimate of drug-likeness (QED) is 0.495. The van der Waals surface area contributed by atoms with Crippen molar-refractivity contribution in [3.63, 3.8) is 0 Å². The van der Waals surface area contributed by atoms with E-state index in [-0.39, 0.29) is 11.9 Å². The van der Waals surface area contributed by atoms with Crippen molar-refractivity contribution in [1.82, 2.24) is 15.1 Å². The predicted octanol–water partition coefficient (Wildman–Crippen LogP) is -0.715. The van der Waals surface area contributed by atoms with E-state index in [9.17, 15) is 9.59 Å². The molecule has 5 heteroatoms. The standard InChI is InChI=1S/C10H19N3O2/c1-8-7-12(3)9(14)10(15)13(8)6-4-5-11-2/h8,11H,4-7H2,1-3H3. The minimum atomic E-state index is -0.391. The molecule has 1 atom stereocenters. The van der Waals surface area contributed by atoms with Crippen LogP contribution in [0.25, 0.3) is 0 Å². The Hall–Kier alpha value is -1.10. The number of hydrogen-bond acceptors (Lipinski definition) is 3. The van der Waals surface area contributed by atoms with E-state index in [0.29, 0.717) is 13.1 Å². The number of carbonyl (C=O) groups excluding carboxylic acids is 2. The first-order chi connectivity index (χ1) is 7.07. The molecule has 1 unspecified atom stereocenters. The van der Waals surface area contributed by atoms with Crippen molar-refractivity contribution >= 4 is 11.8 Å². The van der Waals surface area contributed by atoms with Crippen LogP contribution in [0.5, 0.6) is 0 Å². The average Bonchev–Trinajstić information content (AvgIpc) is 2.20. The van der Waals surface area contributed by atoms with Crippen molar-refractivity contribution < 1.29 is 9.59 Å². The zero-order valence-corrected chi connectivity index (χ0v) is 9.62. The van der Waals surface area contributed by atoms with Crippen LogP contribution in [-0.2, 0) is 9.59 Å². The molecule has 0 saturated carbocycles. The summed E-state index contributed by atoms with van der Waals surface area (Å²) in [5.74, 6) is -0.759. The lowest BCUT2D eigenvalue weighted by Crippen LogP contribution is -2.57. The minimum absolute atomic E-state index is 0.122. The highest BCUT2D eigenvalue weighted by Gasteiger charge is 2.34. The summed E-state index contributed by atoms with van der Waals surface area (Å²) in [4.78, 5) is 26.2. The Labute approximate surface area is 90.4 Å². The van der Waals surface area contributed by atoms with Crippen LogP contribution in [0.3, 0.4) is 0 Å². The molecule has 0 aliphatic carbocycles. The van der Waals surface area contributed by atoms with Gasteiger partial charge in [0.05, 0.1) is 0 Å². The van der Waals surface area contributed by atoms with Crippen molar-refractivity contribution in [2.24, 2.45) is 0 Å². The Morgan fingerprint density at radius 1 is 1.40 bits per heavy atom. The number of carbonyl (C=O) groups is 2. The van der Waals surface area contributed by atoms with Gasteiger partial charge < -0.3 is 15.1 Å². The lowest BCUT2D eigenvalue weighted by atomic mass is 10.1. The van der Waals surface area contributed by atoms with Gasteiger partial charge in [0.25, 0.3) is 0 Å². The molecule has 15 heavy (non-hydrogen) atoms. The zero-order chi connectivity index (χ0) is 11.4. The van der Waals surface area contributed by atoms with E-state index < -0.39 is 5.91 Å². The first-order valence-corrected chi connectivity index (χ1v) is 5.28. The van der Waals surface area contributed by atoms with Crippen molar-refractivity contribution in [3.05, 3.63) is 0 Å². The van der Waals surface area contributed by atoms with Crippen LogP contribution in [0.4, 0.5) is 0 Å². The maximum Gasteiger partial charge on any atom is 0.312 e. The van der Waals surface area contributed by atoms with Gasteiger partial charge in [-0.3, -0.25) is 9.59 Å². The summed E-state index contributed by atoms with van der Waals surface area (Å²) in [5, 5.41) is 3.02. The fourth-order valence-corrected chi connectivity index (χ4v) is 1.81. The molecule has 0 bridgehead atoms. The molecule has 1 rings (SSSR count). The van der Waals surface area contributed by atoms with E-state index in [1.165, 1.54) is 4.90 Å². The third-order valence-electron chi connectivity index (χ3n) is 2.69. The number of piperazine rings is 1. The predicted molar refractivity (Wildman–Crippen MR) is 57.4 cm³/mol. The number of rotatable bonds is 4. The summed E-state index contributed by atoms with van der Waals surface area (Å²) in [6, 6.07) is 0.122. The second-order valence-corrected chi connectivity index (χ2v) is 3.99. The molecule has 0 radical (unpaired) electrons. The number of amides is 2. The Balaban J connectivity index is 2.54. The van der Waals surface area contributed by atoms with Crippen LogP contribution in [0.15, 0.2) is 0 Å². The van der Waals surface area contributed by atoms with Gasteiger partial charge in [-0.15, -0.1) is 0 Å². The number of hydrogen-bond donors (Lipinski definition) is 1. The highest BCUT2D eigenvalue weighted by atomic mass is 16.2. The first-order valence-electron chi connectivity index (χ1n) is 5.28. The van der Waals surface area contributed by atoms with Gasteiger partial charge in [-0.05, 0) is 26.9 Å². The van der Waals surface area contributed by atoms with Gasteiger partial charge in [0.2, 0.25) is 0 Å². The maximum atomic E-state index is 11.7. The maximum absolute atomic E-state index is 11.7. The molecule has 2 amide bonds. The van der Waals surface area contributed by atoms with Crippen LogP contribution in [0.2, 0.25) is 0 Å². The van der Waals surface area contributed by atoms with Crippen LogP contribution in [0, 0.1) is 0 Å². The molecule has 0 aromatic rings. The Morgan fingerprint density at radius 2 is 2.07 bits per heavy atom. The van der Waals surface area contributed by atoms with E-state index in [1.54, 1.807) is 11.9 Å². The fraction of sp³-hybridized carbons (Fsp3) is 0.800. The minimum Gasteiger partial charge on any atom is -0.335 e. The Kier molecular flexibility index (Phi) is 4.08. The lowest BCUT2D eigenvalue weighted by molar-refractivity contribution is -0.157. The molecule has 1 aliphatic rings. The van der Waals surface area contributed by atoms with Gasteiger partial charge in [-0.25, -0.2) is 0 Å². The monoisotopic (exact) mass is 213 g/mol. The van der Waals surface area contributed by atoms with Gasteiger partial charge in [0.15, 0.2) is 0 Å². The molecule has 0 aromatic carbocycles. The normalized spacial score (nSPS) is 22.5. The summed E-state index contributed by atoms with van der Waals surface area (Å²) >= 11 is 0. The second-order valence-electron chi connectivity index (χ2n) is 3.99. The third kappa shape index (κ3) is 2.68. The summed E-state index contributed by atoms with van der Waals surface area (Å²) < 4.78 is 0. The van der Waals surface area contributed by atoms with Crippen molar-refractivity contribution in [2.45, 2.75) is 19.4 Å². The van der Waals surface area contributed by atoms with Crippen LogP contribution in [-0.4, -0.2) is 61.4 Å². The van der Waals surface area contributed by atoms with Gasteiger partial charge >= 0.3 is 11.8 Å². The lowest BCUT2D eigenvalue weighted by Gasteiger charge is -2.37. The third-order valence-corrected chi connectivity index (χ3v) is 2.69. The van der Waals surface area contributed by atoms with Gasteiger partial charge in [0.1, 0.15) is 0 Å². The van der Waals surface area contributed by atoms with E-state index in [0.717, 1.165) is 13.0 Å². The molecule has 1 heterocycles.